The lowest BCUT2D eigenvalue weighted by Crippen LogP contribution is -2.49. The fourth-order valence-corrected chi connectivity index (χ4v) is 2.29. The van der Waals surface area contributed by atoms with Crippen LogP contribution in [0.15, 0.2) is 30.3 Å². The molecule has 1 fully saturated rings. The summed E-state index contributed by atoms with van der Waals surface area (Å²) in [7, 11) is 0. The van der Waals surface area contributed by atoms with Crippen molar-refractivity contribution >= 4 is 5.91 Å². The second-order valence-corrected chi connectivity index (χ2v) is 5.09. The first kappa shape index (κ1) is 13.9. The predicted molar refractivity (Wildman–Crippen MR) is 75.1 cm³/mol. The van der Waals surface area contributed by atoms with Crippen LogP contribution in [0.1, 0.15) is 19.8 Å². The molecule has 1 amide bonds. The smallest absolute Gasteiger partial charge is 0.237 e. The minimum Gasteiger partial charge on any atom is -0.492 e. The molecule has 0 aliphatic carbocycles. The second-order valence-electron chi connectivity index (χ2n) is 5.09. The van der Waals surface area contributed by atoms with Gasteiger partial charge in [0.25, 0.3) is 0 Å². The van der Waals surface area contributed by atoms with Crippen LogP contribution in [0.4, 0.5) is 0 Å². The van der Waals surface area contributed by atoms with Crippen molar-refractivity contribution in [1.29, 1.82) is 0 Å². The van der Waals surface area contributed by atoms with Crippen LogP contribution in [0.25, 0.3) is 0 Å². The lowest BCUT2D eigenvalue weighted by molar-refractivity contribution is -0.124. The number of benzene rings is 1. The third-order valence-corrected chi connectivity index (χ3v) is 3.40. The van der Waals surface area contributed by atoms with E-state index in [0.717, 1.165) is 25.1 Å². The highest BCUT2D eigenvalue weighted by Crippen LogP contribution is 2.14. The average Bonchev–Trinajstić information content (AvgIpc) is 2.44. The van der Waals surface area contributed by atoms with Crippen molar-refractivity contribution in [2.75, 3.05) is 19.7 Å². The Morgan fingerprint density at radius 1 is 1.42 bits per heavy atom. The molecule has 1 aromatic rings. The van der Waals surface area contributed by atoms with E-state index in [9.17, 15) is 4.79 Å². The van der Waals surface area contributed by atoms with Gasteiger partial charge in [-0.1, -0.05) is 25.1 Å². The quantitative estimate of drug-likeness (QED) is 0.792. The molecule has 1 aliphatic rings. The number of amides is 1. The molecule has 2 rings (SSSR count). The third kappa shape index (κ3) is 4.56. The number of hydrogen-bond acceptors (Lipinski definition) is 3. The Morgan fingerprint density at radius 2 is 2.21 bits per heavy atom. The van der Waals surface area contributed by atoms with Crippen molar-refractivity contribution in [1.82, 2.24) is 10.6 Å². The van der Waals surface area contributed by atoms with E-state index < -0.39 is 0 Å². The highest BCUT2D eigenvalue weighted by Gasteiger charge is 2.23. The SMILES string of the molecule is CC1CCNC(C(=O)NCCOc2ccccc2)C1. The van der Waals surface area contributed by atoms with Crippen molar-refractivity contribution in [3.05, 3.63) is 30.3 Å². The van der Waals surface area contributed by atoms with Crippen LogP contribution < -0.4 is 15.4 Å². The summed E-state index contributed by atoms with van der Waals surface area (Å²) in [4.78, 5) is 11.9. The van der Waals surface area contributed by atoms with E-state index in [1.54, 1.807) is 0 Å². The zero-order chi connectivity index (χ0) is 13.5. The molecule has 19 heavy (non-hydrogen) atoms. The van der Waals surface area contributed by atoms with Crippen molar-refractivity contribution in [2.45, 2.75) is 25.8 Å². The molecule has 1 heterocycles. The fourth-order valence-electron chi connectivity index (χ4n) is 2.29. The Labute approximate surface area is 114 Å². The molecule has 4 heteroatoms. The second kappa shape index (κ2) is 7.14. The zero-order valence-electron chi connectivity index (χ0n) is 11.4. The first-order valence-corrected chi connectivity index (χ1v) is 6.94. The van der Waals surface area contributed by atoms with E-state index in [-0.39, 0.29) is 11.9 Å². The summed E-state index contributed by atoms with van der Waals surface area (Å²) >= 11 is 0. The molecule has 4 nitrogen and oxygen atoms in total. The number of piperidine rings is 1. The van der Waals surface area contributed by atoms with Gasteiger partial charge in [-0.15, -0.1) is 0 Å². The molecule has 0 aromatic heterocycles. The molecule has 104 valence electrons. The largest absolute Gasteiger partial charge is 0.492 e. The lowest BCUT2D eigenvalue weighted by Gasteiger charge is -2.27. The van der Waals surface area contributed by atoms with E-state index in [1.165, 1.54) is 0 Å². The minimum absolute atomic E-state index is 0.0412. The topological polar surface area (TPSA) is 50.4 Å². The predicted octanol–water partition coefficient (Wildman–Crippen LogP) is 1.57. The van der Waals surface area contributed by atoms with Crippen LogP contribution in [-0.2, 0) is 4.79 Å². The van der Waals surface area contributed by atoms with Crippen LogP contribution in [0.3, 0.4) is 0 Å². The van der Waals surface area contributed by atoms with E-state index in [0.29, 0.717) is 19.1 Å². The van der Waals surface area contributed by atoms with Gasteiger partial charge in [-0.3, -0.25) is 4.79 Å². The van der Waals surface area contributed by atoms with Gasteiger partial charge in [-0.05, 0) is 37.4 Å². The highest BCUT2D eigenvalue weighted by atomic mass is 16.5. The number of ether oxygens (including phenoxy) is 1. The van der Waals surface area contributed by atoms with Crippen molar-refractivity contribution in [3.63, 3.8) is 0 Å². The summed E-state index contributed by atoms with van der Waals surface area (Å²) in [5.41, 5.74) is 0. The normalized spacial score (nSPS) is 22.8. The Kier molecular flexibility index (Phi) is 5.21. The molecule has 2 N–H and O–H groups in total. The van der Waals surface area contributed by atoms with Crippen molar-refractivity contribution in [2.24, 2.45) is 5.92 Å². The molecule has 1 aromatic carbocycles. The van der Waals surface area contributed by atoms with Crippen LogP contribution in [0, 0.1) is 5.92 Å². The van der Waals surface area contributed by atoms with Gasteiger partial charge < -0.3 is 15.4 Å². The third-order valence-electron chi connectivity index (χ3n) is 3.40. The number of carbonyl (C=O) groups is 1. The van der Waals surface area contributed by atoms with E-state index >= 15 is 0 Å². The van der Waals surface area contributed by atoms with Gasteiger partial charge >= 0.3 is 0 Å². The standard InChI is InChI=1S/C15H22N2O2/c1-12-7-8-16-14(11-12)15(18)17-9-10-19-13-5-3-2-4-6-13/h2-6,12,14,16H,7-11H2,1H3,(H,17,18). The average molecular weight is 262 g/mol. The molecule has 1 aliphatic heterocycles. The molecule has 0 bridgehead atoms. The zero-order valence-corrected chi connectivity index (χ0v) is 11.4. The molecule has 2 unspecified atom stereocenters. The van der Waals surface area contributed by atoms with E-state index in [4.69, 9.17) is 4.74 Å². The van der Waals surface area contributed by atoms with Crippen molar-refractivity contribution < 1.29 is 9.53 Å². The Hall–Kier alpha value is -1.55. The summed E-state index contributed by atoms with van der Waals surface area (Å²) in [5.74, 6) is 1.54. The highest BCUT2D eigenvalue weighted by molar-refractivity contribution is 5.81. The summed E-state index contributed by atoms with van der Waals surface area (Å²) < 4.78 is 5.53. The Balaban J connectivity index is 1.64. The molecule has 0 saturated carbocycles. The Morgan fingerprint density at radius 3 is 2.95 bits per heavy atom. The summed E-state index contributed by atoms with van der Waals surface area (Å²) in [5, 5.41) is 6.17. The number of rotatable bonds is 5. The molecular weight excluding hydrogens is 240 g/mol. The maximum absolute atomic E-state index is 11.9. The van der Waals surface area contributed by atoms with Gasteiger partial charge in [-0.25, -0.2) is 0 Å². The van der Waals surface area contributed by atoms with Crippen LogP contribution in [0.2, 0.25) is 0 Å². The molecular formula is C15H22N2O2. The summed E-state index contributed by atoms with van der Waals surface area (Å²) in [6, 6.07) is 9.59. The summed E-state index contributed by atoms with van der Waals surface area (Å²) in [6.45, 7) is 4.16. The summed E-state index contributed by atoms with van der Waals surface area (Å²) in [6.07, 6.45) is 2.08. The maximum atomic E-state index is 11.9. The van der Waals surface area contributed by atoms with Gasteiger partial charge in [0.1, 0.15) is 12.4 Å². The lowest BCUT2D eigenvalue weighted by atomic mass is 9.94. The van der Waals surface area contributed by atoms with Crippen LogP contribution >= 0.6 is 0 Å². The number of hydrogen-bond donors (Lipinski definition) is 2. The molecule has 0 radical (unpaired) electrons. The first-order chi connectivity index (χ1) is 9.25. The molecule has 2 atom stereocenters. The van der Waals surface area contributed by atoms with Gasteiger partial charge in [0.2, 0.25) is 5.91 Å². The van der Waals surface area contributed by atoms with Gasteiger partial charge in [-0.2, -0.15) is 0 Å². The monoisotopic (exact) mass is 262 g/mol. The Bertz CT molecular complexity index is 394. The number of carbonyl (C=O) groups excluding carboxylic acids is 1. The van der Waals surface area contributed by atoms with E-state index in [2.05, 4.69) is 17.6 Å². The van der Waals surface area contributed by atoms with E-state index in [1.807, 2.05) is 30.3 Å². The van der Waals surface area contributed by atoms with Crippen molar-refractivity contribution in [3.8, 4) is 5.75 Å². The van der Waals surface area contributed by atoms with Crippen LogP contribution in [-0.4, -0.2) is 31.6 Å². The van der Waals surface area contributed by atoms with Gasteiger partial charge in [0.15, 0.2) is 0 Å². The molecule has 1 saturated heterocycles. The minimum atomic E-state index is -0.0412. The fraction of sp³-hybridized carbons (Fsp3) is 0.533. The number of para-hydroxylation sites is 1. The first-order valence-electron chi connectivity index (χ1n) is 6.94. The maximum Gasteiger partial charge on any atom is 0.237 e. The molecule has 0 spiro atoms. The number of nitrogens with one attached hydrogen (secondary N) is 2. The van der Waals surface area contributed by atoms with Gasteiger partial charge in [0.05, 0.1) is 12.6 Å². The van der Waals surface area contributed by atoms with Crippen LogP contribution in [0.5, 0.6) is 5.75 Å². The van der Waals surface area contributed by atoms with Gasteiger partial charge in [0, 0.05) is 0 Å².